The summed E-state index contributed by atoms with van der Waals surface area (Å²) in [5, 5.41) is 13.9. The van der Waals surface area contributed by atoms with E-state index in [-0.39, 0.29) is 35.5 Å². The first-order valence-corrected chi connectivity index (χ1v) is 16.7. The molecule has 1 aliphatic heterocycles. The fraction of sp³-hybridized carbons (Fsp3) is 0.424. The van der Waals surface area contributed by atoms with Gasteiger partial charge >= 0.3 is 6.18 Å². The number of halogens is 6. The molecule has 3 N–H and O–H groups in total. The summed E-state index contributed by atoms with van der Waals surface area (Å²) in [6.07, 6.45) is -9.21. The maximum Gasteiger partial charge on any atom is 0.407 e. The molecule has 0 saturated carbocycles. The third-order valence-corrected chi connectivity index (χ3v) is 9.71. The van der Waals surface area contributed by atoms with E-state index in [4.69, 9.17) is 0 Å². The van der Waals surface area contributed by atoms with Crippen LogP contribution in [-0.2, 0) is 19.6 Å². The average molecular weight is 715 g/mol. The minimum absolute atomic E-state index is 0.00319. The summed E-state index contributed by atoms with van der Waals surface area (Å²) >= 11 is 0. The Hall–Kier alpha value is -3.86. The van der Waals surface area contributed by atoms with Gasteiger partial charge in [-0.2, -0.15) is 17.5 Å². The monoisotopic (exact) mass is 714 g/mol. The van der Waals surface area contributed by atoms with Gasteiger partial charge in [0, 0.05) is 19.2 Å². The molecule has 9 nitrogen and oxygen atoms in total. The van der Waals surface area contributed by atoms with Gasteiger partial charge in [0.25, 0.3) is 16.4 Å². The molecule has 49 heavy (non-hydrogen) atoms. The number of rotatable bonds is 12. The summed E-state index contributed by atoms with van der Waals surface area (Å²) in [6, 6.07) is 9.27. The highest BCUT2D eigenvalue weighted by Gasteiger charge is 2.44. The molecule has 2 heterocycles. The van der Waals surface area contributed by atoms with Gasteiger partial charge in [0.1, 0.15) is 17.8 Å². The van der Waals surface area contributed by atoms with E-state index in [1.54, 1.807) is 0 Å². The SMILES string of the molecule is CC(C)(F)C[C@H](N[C@@H](c1ccc(-c2ccc(C(O)C(F)F)cc2)cc1)C(F)(F)F)C(=O)NC1CCCN(S(=O)(=O)c2ccccn2)CC1=O. The van der Waals surface area contributed by atoms with Crippen LogP contribution in [0.15, 0.2) is 78.0 Å². The number of sulfonamides is 1. The second kappa shape index (κ2) is 15.4. The number of hydrogen-bond donors (Lipinski definition) is 3. The molecule has 0 aliphatic carbocycles. The van der Waals surface area contributed by atoms with Gasteiger partial charge in [-0.25, -0.2) is 26.6 Å². The van der Waals surface area contributed by atoms with Crippen molar-refractivity contribution in [2.45, 2.75) is 80.6 Å². The van der Waals surface area contributed by atoms with E-state index in [9.17, 15) is 49.5 Å². The Morgan fingerprint density at radius 2 is 1.57 bits per heavy atom. The highest BCUT2D eigenvalue weighted by Crippen LogP contribution is 2.35. The predicted molar refractivity (Wildman–Crippen MR) is 168 cm³/mol. The number of nitrogens with one attached hydrogen (secondary N) is 2. The first kappa shape index (κ1) is 38.0. The summed E-state index contributed by atoms with van der Waals surface area (Å²) in [7, 11) is -4.14. The number of carbonyl (C=O) groups is 2. The summed E-state index contributed by atoms with van der Waals surface area (Å²) in [6.45, 7) is 1.51. The maximum atomic E-state index is 14.9. The van der Waals surface area contributed by atoms with E-state index in [0.717, 1.165) is 30.3 Å². The van der Waals surface area contributed by atoms with Crippen molar-refractivity contribution >= 4 is 21.7 Å². The van der Waals surface area contributed by atoms with Crippen LogP contribution in [0.4, 0.5) is 26.3 Å². The van der Waals surface area contributed by atoms with Crippen molar-refractivity contribution in [3.8, 4) is 11.1 Å². The molecule has 1 aliphatic rings. The van der Waals surface area contributed by atoms with Gasteiger partial charge < -0.3 is 10.4 Å². The summed E-state index contributed by atoms with van der Waals surface area (Å²) in [5.74, 6) is -1.76. The molecule has 16 heteroatoms. The van der Waals surface area contributed by atoms with Gasteiger partial charge in [0.2, 0.25) is 5.91 Å². The number of alkyl halides is 6. The number of aromatic nitrogens is 1. The summed E-state index contributed by atoms with van der Waals surface area (Å²) in [5.41, 5.74) is -1.54. The zero-order valence-electron chi connectivity index (χ0n) is 26.5. The molecule has 2 unspecified atom stereocenters. The van der Waals surface area contributed by atoms with Crippen LogP contribution < -0.4 is 10.6 Å². The Morgan fingerprint density at radius 1 is 0.980 bits per heavy atom. The molecular weight excluding hydrogens is 678 g/mol. The lowest BCUT2D eigenvalue weighted by Crippen LogP contribution is -2.54. The summed E-state index contributed by atoms with van der Waals surface area (Å²) < 4.78 is 111. The molecule has 0 radical (unpaired) electrons. The van der Waals surface area contributed by atoms with Crippen molar-refractivity contribution in [1.82, 2.24) is 19.9 Å². The molecule has 1 aromatic heterocycles. The van der Waals surface area contributed by atoms with Gasteiger partial charge in [-0.3, -0.25) is 14.9 Å². The van der Waals surface area contributed by atoms with Gasteiger partial charge in [0.05, 0.1) is 18.6 Å². The number of benzene rings is 2. The smallest absolute Gasteiger partial charge is 0.382 e. The van der Waals surface area contributed by atoms with E-state index in [1.807, 2.05) is 0 Å². The van der Waals surface area contributed by atoms with Crippen molar-refractivity contribution < 1.29 is 49.5 Å². The third kappa shape index (κ3) is 9.86. The van der Waals surface area contributed by atoms with Crippen LogP contribution in [-0.4, -0.2) is 77.9 Å². The minimum atomic E-state index is -4.95. The van der Waals surface area contributed by atoms with Crippen LogP contribution in [0.2, 0.25) is 0 Å². The number of nitrogens with zero attached hydrogens (tertiary/aromatic N) is 2. The molecule has 1 amide bonds. The molecule has 3 aromatic rings. The highest BCUT2D eigenvalue weighted by atomic mass is 32.2. The average Bonchev–Trinajstić information content (AvgIpc) is 3.23. The van der Waals surface area contributed by atoms with E-state index >= 15 is 0 Å². The standard InChI is InChI=1S/C33H36F6N4O5S/c1-32(2,36)18-25(31(46)42-24-6-5-17-43(19-26(24)44)49(47,48)27-7-3-4-16-40-27)41-29(33(37,38)39)23-14-10-21(11-15-23)20-8-12-22(13-9-20)28(45)30(34)35/h3-4,7-16,24-25,28-30,41,45H,5-6,17-19H2,1-2H3,(H,42,46)/t24?,25-,28?,29-/m0/s1. The number of ketones is 1. The Kier molecular flexibility index (Phi) is 11.9. The Bertz CT molecular complexity index is 1690. The normalized spacial score (nSPS) is 18.5. The Morgan fingerprint density at radius 3 is 2.08 bits per heavy atom. The molecule has 1 saturated heterocycles. The van der Waals surface area contributed by atoms with Crippen molar-refractivity contribution in [2.24, 2.45) is 0 Å². The number of aliphatic hydroxyl groups is 1. The summed E-state index contributed by atoms with van der Waals surface area (Å²) in [4.78, 5) is 30.4. The zero-order chi connectivity index (χ0) is 36.1. The third-order valence-electron chi connectivity index (χ3n) is 7.95. The van der Waals surface area contributed by atoms with Crippen LogP contribution >= 0.6 is 0 Å². The molecular formula is C33H36F6N4O5S. The molecule has 0 bridgehead atoms. The minimum Gasteiger partial charge on any atom is -0.382 e. The number of Topliss-reactive ketones (excluding diaryl/α,β-unsaturated/α-hetero) is 1. The number of amides is 1. The van der Waals surface area contributed by atoms with Crippen molar-refractivity contribution in [3.05, 3.63) is 84.1 Å². The van der Waals surface area contributed by atoms with E-state index in [1.165, 1.54) is 60.8 Å². The van der Waals surface area contributed by atoms with Gasteiger partial charge in [-0.1, -0.05) is 54.6 Å². The molecule has 1 fully saturated rings. The topological polar surface area (TPSA) is 129 Å². The van der Waals surface area contributed by atoms with Crippen molar-refractivity contribution in [1.29, 1.82) is 0 Å². The second-order valence-corrected chi connectivity index (χ2v) is 14.2. The molecule has 2 aromatic carbocycles. The van der Waals surface area contributed by atoms with Gasteiger partial charge in [-0.05, 0) is 61.1 Å². The van der Waals surface area contributed by atoms with Crippen LogP contribution in [0.25, 0.3) is 11.1 Å². The number of carbonyl (C=O) groups excluding carboxylic acids is 2. The lowest BCUT2D eigenvalue weighted by molar-refractivity contribution is -0.161. The predicted octanol–water partition coefficient (Wildman–Crippen LogP) is 5.29. The number of aliphatic hydroxyl groups excluding tert-OH is 1. The van der Waals surface area contributed by atoms with Crippen LogP contribution in [0.1, 0.15) is 56.4 Å². The molecule has 4 atom stereocenters. The Labute approximate surface area is 279 Å². The lowest BCUT2D eigenvalue weighted by atomic mass is 9.95. The first-order valence-electron chi connectivity index (χ1n) is 15.3. The first-order chi connectivity index (χ1) is 22.9. The van der Waals surface area contributed by atoms with E-state index < -0.39 is 77.2 Å². The zero-order valence-corrected chi connectivity index (χ0v) is 27.3. The van der Waals surface area contributed by atoms with Gasteiger partial charge in [0.15, 0.2) is 10.8 Å². The van der Waals surface area contributed by atoms with E-state index in [2.05, 4.69) is 15.6 Å². The van der Waals surface area contributed by atoms with Gasteiger partial charge in [-0.15, -0.1) is 0 Å². The lowest BCUT2D eigenvalue weighted by Gasteiger charge is -2.31. The Balaban J connectivity index is 1.52. The van der Waals surface area contributed by atoms with Crippen LogP contribution in [0.5, 0.6) is 0 Å². The van der Waals surface area contributed by atoms with Crippen LogP contribution in [0.3, 0.4) is 0 Å². The second-order valence-electron chi connectivity index (χ2n) is 12.3. The maximum absolute atomic E-state index is 14.9. The molecule has 266 valence electrons. The van der Waals surface area contributed by atoms with Crippen LogP contribution in [0, 0.1) is 0 Å². The molecule has 0 spiro atoms. The fourth-order valence-corrected chi connectivity index (χ4v) is 6.81. The highest BCUT2D eigenvalue weighted by molar-refractivity contribution is 7.89. The van der Waals surface area contributed by atoms with E-state index in [0.29, 0.717) is 11.1 Å². The van der Waals surface area contributed by atoms with Crippen molar-refractivity contribution in [3.63, 3.8) is 0 Å². The largest absolute Gasteiger partial charge is 0.407 e. The molecule has 4 rings (SSSR count). The quantitative estimate of drug-likeness (QED) is 0.218. The number of hydrogen-bond acceptors (Lipinski definition) is 7. The van der Waals surface area contributed by atoms with Crippen molar-refractivity contribution in [2.75, 3.05) is 13.1 Å². The number of pyridine rings is 1. The fourth-order valence-electron chi connectivity index (χ4n) is 5.44.